The smallest absolute Gasteiger partial charge is 0.312 e. The fourth-order valence-electron chi connectivity index (χ4n) is 6.53. The summed E-state index contributed by atoms with van der Waals surface area (Å²) in [7, 11) is 0. The second-order valence-electron chi connectivity index (χ2n) is 10.6. The Morgan fingerprint density at radius 2 is 1.94 bits per heavy atom. The molecule has 0 aromatic heterocycles. The molecule has 2 amide bonds. The maximum absolute atomic E-state index is 14.1. The zero-order valence-electron chi connectivity index (χ0n) is 22.2. The number of likely N-dealkylation sites (tertiary alicyclic amines) is 1. The lowest BCUT2D eigenvalue weighted by atomic mass is 9.65. The van der Waals surface area contributed by atoms with E-state index in [2.05, 4.69) is 13.2 Å². The average Bonchev–Trinajstić information content (AvgIpc) is 3.45. The van der Waals surface area contributed by atoms with Crippen LogP contribution in [-0.2, 0) is 23.9 Å². The molecule has 3 saturated heterocycles. The van der Waals surface area contributed by atoms with E-state index in [1.165, 1.54) is 0 Å². The van der Waals surface area contributed by atoms with E-state index in [4.69, 9.17) is 14.6 Å². The zero-order chi connectivity index (χ0) is 26.5. The van der Waals surface area contributed by atoms with Gasteiger partial charge in [-0.15, -0.1) is 13.2 Å². The summed E-state index contributed by atoms with van der Waals surface area (Å²) in [6, 6.07) is -0.861. The summed E-state index contributed by atoms with van der Waals surface area (Å²) in [6.07, 6.45) is 8.80. The standard InChI is InChI=1S/C28H44N2O6/c1-6-9-19-35-26(34)22-21-24(32)30(17-12-10-11-13-18-31)23(25(33)29(16-7-2)20(4)5)28(21)15-14-27(22,8-3)36-28/h6-7,20-23,31H,1-2,8-19H2,3-5H3/t21-,22+,23?,27-,28?/m0/s1. The van der Waals surface area contributed by atoms with Crippen molar-refractivity contribution in [2.75, 3.05) is 26.3 Å². The van der Waals surface area contributed by atoms with Gasteiger partial charge in [0, 0.05) is 25.7 Å². The molecule has 5 atom stereocenters. The molecule has 0 aromatic rings. The minimum Gasteiger partial charge on any atom is -0.465 e. The van der Waals surface area contributed by atoms with Gasteiger partial charge in [-0.25, -0.2) is 0 Å². The Bertz CT molecular complexity index is 844. The van der Waals surface area contributed by atoms with Gasteiger partial charge in [-0.3, -0.25) is 14.4 Å². The van der Waals surface area contributed by atoms with Crippen molar-refractivity contribution in [2.24, 2.45) is 11.8 Å². The van der Waals surface area contributed by atoms with Crippen LogP contribution in [0.15, 0.2) is 25.3 Å². The first-order valence-electron chi connectivity index (χ1n) is 13.5. The molecule has 2 bridgehead atoms. The topological polar surface area (TPSA) is 96.4 Å². The van der Waals surface area contributed by atoms with Crippen molar-refractivity contribution in [3.05, 3.63) is 25.3 Å². The lowest BCUT2D eigenvalue weighted by Crippen LogP contribution is -2.57. The average molecular weight is 505 g/mol. The highest BCUT2D eigenvalue weighted by atomic mass is 16.6. The number of carbonyl (C=O) groups is 3. The third-order valence-corrected chi connectivity index (χ3v) is 8.27. The molecule has 3 heterocycles. The number of fused-ring (bicyclic) bond motifs is 1. The minimum atomic E-state index is -1.04. The van der Waals surface area contributed by atoms with Crippen LogP contribution in [0.25, 0.3) is 0 Å². The molecule has 3 rings (SSSR count). The van der Waals surface area contributed by atoms with E-state index >= 15 is 0 Å². The molecule has 1 spiro atoms. The quantitative estimate of drug-likeness (QED) is 0.209. The molecule has 0 radical (unpaired) electrons. The van der Waals surface area contributed by atoms with Crippen molar-refractivity contribution in [2.45, 2.75) is 95.4 Å². The van der Waals surface area contributed by atoms with Crippen molar-refractivity contribution in [3.63, 3.8) is 0 Å². The number of esters is 1. The molecule has 8 nitrogen and oxygen atoms in total. The zero-order valence-corrected chi connectivity index (χ0v) is 22.2. The summed E-state index contributed by atoms with van der Waals surface area (Å²) in [6.45, 7) is 14.5. The van der Waals surface area contributed by atoms with E-state index in [1.54, 1.807) is 22.0 Å². The van der Waals surface area contributed by atoms with Gasteiger partial charge in [0.2, 0.25) is 11.8 Å². The maximum Gasteiger partial charge on any atom is 0.312 e. The van der Waals surface area contributed by atoms with Gasteiger partial charge >= 0.3 is 5.97 Å². The second kappa shape index (κ2) is 11.9. The molecule has 3 aliphatic rings. The van der Waals surface area contributed by atoms with Crippen LogP contribution in [-0.4, -0.2) is 82.3 Å². The van der Waals surface area contributed by atoms with Crippen molar-refractivity contribution >= 4 is 17.8 Å². The molecule has 2 unspecified atom stereocenters. The summed E-state index contributed by atoms with van der Waals surface area (Å²) in [4.78, 5) is 45.0. The Kier molecular flexibility index (Phi) is 9.39. The largest absolute Gasteiger partial charge is 0.465 e. The number of aliphatic hydroxyl groups excluding tert-OH is 1. The van der Waals surface area contributed by atoms with Crippen LogP contribution in [0.4, 0.5) is 0 Å². The lowest BCUT2D eigenvalue weighted by molar-refractivity contribution is -0.162. The summed E-state index contributed by atoms with van der Waals surface area (Å²) in [5, 5.41) is 9.09. The minimum absolute atomic E-state index is 0.0779. The van der Waals surface area contributed by atoms with E-state index in [1.807, 2.05) is 20.8 Å². The Morgan fingerprint density at radius 1 is 1.22 bits per heavy atom. The Hall–Kier alpha value is -2.19. The van der Waals surface area contributed by atoms with Crippen LogP contribution in [0.3, 0.4) is 0 Å². The fraction of sp³-hybridized carbons (Fsp3) is 0.750. The first kappa shape index (κ1) is 28.4. The number of nitrogens with zero attached hydrogens (tertiary/aromatic N) is 2. The van der Waals surface area contributed by atoms with Crippen molar-refractivity contribution in [1.82, 2.24) is 9.80 Å². The Balaban J connectivity index is 1.99. The van der Waals surface area contributed by atoms with E-state index in [0.29, 0.717) is 45.2 Å². The van der Waals surface area contributed by atoms with Crippen molar-refractivity contribution in [1.29, 1.82) is 0 Å². The van der Waals surface area contributed by atoms with Gasteiger partial charge < -0.3 is 24.4 Å². The van der Waals surface area contributed by atoms with E-state index in [-0.39, 0.29) is 31.1 Å². The van der Waals surface area contributed by atoms with Crippen LogP contribution in [0.5, 0.6) is 0 Å². The predicted molar refractivity (Wildman–Crippen MR) is 137 cm³/mol. The predicted octanol–water partition coefficient (Wildman–Crippen LogP) is 3.24. The molecule has 3 fully saturated rings. The third kappa shape index (κ3) is 4.86. The molecule has 3 aliphatic heterocycles. The number of rotatable bonds is 15. The van der Waals surface area contributed by atoms with E-state index in [9.17, 15) is 14.4 Å². The van der Waals surface area contributed by atoms with Crippen LogP contribution in [0, 0.1) is 11.8 Å². The first-order valence-corrected chi connectivity index (χ1v) is 13.5. The number of aliphatic hydroxyl groups is 1. The number of hydrogen-bond donors (Lipinski definition) is 1. The number of hydrogen-bond acceptors (Lipinski definition) is 6. The normalized spacial score (nSPS) is 30.5. The molecule has 1 N–H and O–H groups in total. The third-order valence-electron chi connectivity index (χ3n) is 8.27. The fourth-order valence-corrected chi connectivity index (χ4v) is 6.53. The molecular formula is C28H44N2O6. The second-order valence-corrected chi connectivity index (χ2v) is 10.6. The van der Waals surface area contributed by atoms with Crippen LogP contribution in [0.2, 0.25) is 0 Å². The highest BCUT2D eigenvalue weighted by Crippen LogP contribution is 2.64. The maximum atomic E-state index is 14.1. The summed E-state index contributed by atoms with van der Waals surface area (Å²) in [5.74, 6) is -2.20. The van der Waals surface area contributed by atoms with E-state index < -0.39 is 35.0 Å². The number of unbranched alkanes of at least 4 members (excludes halogenated alkanes) is 3. The van der Waals surface area contributed by atoms with Gasteiger partial charge in [0.05, 0.1) is 18.1 Å². The van der Waals surface area contributed by atoms with Crippen molar-refractivity contribution < 1.29 is 29.0 Å². The SMILES string of the molecule is C=CCCOC(=O)[C@H]1[C@H]2C(=O)N(CCCCCCO)C(C(=O)N(CC=C)C(C)C)C23CC[C@]1(CC)O3. The summed E-state index contributed by atoms with van der Waals surface area (Å²) in [5.41, 5.74) is -1.83. The van der Waals surface area contributed by atoms with Gasteiger partial charge in [0.15, 0.2) is 0 Å². The molecular weight excluding hydrogens is 460 g/mol. The van der Waals surface area contributed by atoms with Crippen molar-refractivity contribution in [3.8, 4) is 0 Å². The van der Waals surface area contributed by atoms with Crippen LogP contribution >= 0.6 is 0 Å². The molecule has 0 aromatic carbocycles. The summed E-state index contributed by atoms with van der Waals surface area (Å²) < 4.78 is 12.3. The number of ether oxygens (including phenoxy) is 2. The van der Waals surface area contributed by atoms with Gasteiger partial charge in [-0.2, -0.15) is 0 Å². The molecule has 0 aliphatic carbocycles. The highest BCUT2D eigenvalue weighted by Gasteiger charge is 2.79. The monoisotopic (exact) mass is 504 g/mol. The van der Waals surface area contributed by atoms with Gasteiger partial charge in [-0.1, -0.05) is 31.9 Å². The Labute approximate surface area is 215 Å². The highest BCUT2D eigenvalue weighted by molar-refractivity contribution is 5.98. The Morgan fingerprint density at radius 3 is 2.56 bits per heavy atom. The molecule has 202 valence electrons. The number of amides is 2. The molecule has 8 heteroatoms. The van der Waals surface area contributed by atoms with Crippen LogP contribution in [0.1, 0.15) is 72.1 Å². The van der Waals surface area contributed by atoms with Gasteiger partial charge in [0.25, 0.3) is 0 Å². The van der Waals surface area contributed by atoms with Crippen LogP contribution < -0.4 is 0 Å². The molecule has 36 heavy (non-hydrogen) atoms. The van der Waals surface area contributed by atoms with E-state index in [0.717, 1.165) is 19.3 Å². The first-order chi connectivity index (χ1) is 17.2. The van der Waals surface area contributed by atoms with Gasteiger partial charge in [-0.05, 0) is 52.4 Å². The van der Waals surface area contributed by atoms with Gasteiger partial charge in [0.1, 0.15) is 17.6 Å². The molecule has 0 saturated carbocycles. The lowest BCUT2D eigenvalue weighted by Gasteiger charge is -2.38. The number of carbonyl (C=O) groups excluding carboxylic acids is 3. The summed E-state index contributed by atoms with van der Waals surface area (Å²) >= 11 is 0.